The van der Waals surface area contributed by atoms with E-state index in [4.69, 9.17) is 0 Å². The fourth-order valence-corrected chi connectivity index (χ4v) is 1.15. The summed E-state index contributed by atoms with van der Waals surface area (Å²) in [6, 6.07) is 5.44. The molecule has 0 spiro atoms. The number of benzene rings is 1. The van der Waals surface area contributed by atoms with Gasteiger partial charge in [0.15, 0.2) is 0 Å². The Morgan fingerprint density at radius 2 is 2.17 bits per heavy atom. The lowest BCUT2D eigenvalue weighted by atomic mass is 10.1. The summed E-state index contributed by atoms with van der Waals surface area (Å²) < 4.78 is 0. The molecule has 0 aliphatic rings. The van der Waals surface area contributed by atoms with Crippen molar-refractivity contribution in [1.29, 1.82) is 0 Å². The van der Waals surface area contributed by atoms with Crippen LogP contribution in [0.3, 0.4) is 0 Å². The average Bonchev–Trinajstić information content (AvgIpc) is 2.05. The van der Waals surface area contributed by atoms with E-state index in [2.05, 4.69) is 5.32 Å². The zero-order valence-electron chi connectivity index (χ0n) is 7.33. The van der Waals surface area contributed by atoms with Gasteiger partial charge in [-0.15, -0.1) is 0 Å². The van der Waals surface area contributed by atoms with E-state index in [0.29, 0.717) is 0 Å². The largest absolute Gasteiger partial charge is 0.506 e. The lowest BCUT2D eigenvalue weighted by Crippen LogP contribution is -1.91. The van der Waals surface area contributed by atoms with Crippen molar-refractivity contribution in [3.8, 4) is 5.75 Å². The minimum atomic E-state index is 0.285. The van der Waals surface area contributed by atoms with Crippen molar-refractivity contribution in [3.63, 3.8) is 0 Å². The van der Waals surface area contributed by atoms with Crippen LogP contribution in [-0.4, -0.2) is 12.2 Å². The van der Waals surface area contributed by atoms with Crippen molar-refractivity contribution in [2.75, 3.05) is 12.4 Å². The standard InChI is InChI=1S/C10H13NO/c1-3-5-8-6-4-7-9(12)10(8)11-2/h3-7,11-12H,1-2H3/b5-3-. The maximum atomic E-state index is 9.42. The fourth-order valence-electron chi connectivity index (χ4n) is 1.15. The van der Waals surface area contributed by atoms with Gasteiger partial charge in [0, 0.05) is 12.6 Å². The first kappa shape index (κ1) is 8.65. The number of phenols is 1. The van der Waals surface area contributed by atoms with Crippen LogP contribution in [0.15, 0.2) is 24.3 Å². The summed E-state index contributed by atoms with van der Waals surface area (Å²) >= 11 is 0. The SMILES string of the molecule is C/C=C\c1cccc(O)c1NC. The molecule has 0 unspecified atom stereocenters. The van der Waals surface area contributed by atoms with Gasteiger partial charge in [0.1, 0.15) is 5.75 Å². The highest BCUT2D eigenvalue weighted by atomic mass is 16.3. The summed E-state index contributed by atoms with van der Waals surface area (Å²) in [7, 11) is 1.79. The summed E-state index contributed by atoms with van der Waals surface area (Å²) in [4.78, 5) is 0. The zero-order valence-corrected chi connectivity index (χ0v) is 7.33. The van der Waals surface area contributed by atoms with Crippen LogP contribution in [0.4, 0.5) is 5.69 Å². The third-order valence-corrected chi connectivity index (χ3v) is 1.67. The number of hydrogen-bond donors (Lipinski definition) is 2. The highest BCUT2D eigenvalue weighted by Gasteiger charge is 2.01. The molecule has 0 aliphatic heterocycles. The Hall–Kier alpha value is -1.44. The molecule has 1 aromatic carbocycles. The second kappa shape index (κ2) is 3.81. The molecule has 0 bridgehead atoms. The third kappa shape index (κ3) is 1.59. The molecule has 2 N–H and O–H groups in total. The number of aromatic hydroxyl groups is 1. The normalized spacial score (nSPS) is 10.5. The average molecular weight is 163 g/mol. The molecule has 0 fully saturated rings. The van der Waals surface area contributed by atoms with Crippen molar-refractivity contribution in [1.82, 2.24) is 0 Å². The van der Waals surface area contributed by atoms with Gasteiger partial charge in [0.25, 0.3) is 0 Å². The van der Waals surface area contributed by atoms with Gasteiger partial charge in [-0.05, 0) is 13.0 Å². The molecular formula is C10H13NO. The molecule has 2 heteroatoms. The topological polar surface area (TPSA) is 32.3 Å². The Morgan fingerprint density at radius 1 is 1.42 bits per heavy atom. The van der Waals surface area contributed by atoms with Gasteiger partial charge in [-0.1, -0.05) is 24.3 Å². The highest BCUT2D eigenvalue weighted by molar-refractivity contribution is 5.71. The van der Waals surface area contributed by atoms with E-state index in [1.807, 2.05) is 31.2 Å². The first-order valence-electron chi connectivity index (χ1n) is 3.92. The number of rotatable bonds is 2. The number of phenolic OH excluding ortho intramolecular Hbond substituents is 1. The number of nitrogens with one attached hydrogen (secondary N) is 1. The lowest BCUT2D eigenvalue weighted by molar-refractivity contribution is 0.477. The lowest BCUT2D eigenvalue weighted by Gasteiger charge is -2.06. The van der Waals surface area contributed by atoms with Crippen LogP contribution in [-0.2, 0) is 0 Å². The van der Waals surface area contributed by atoms with E-state index in [9.17, 15) is 5.11 Å². The second-order valence-electron chi connectivity index (χ2n) is 2.49. The van der Waals surface area contributed by atoms with Gasteiger partial charge in [-0.3, -0.25) is 0 Å². The van der Waals surface area contributed by atoms with E-state index in [0.717, 1.165) is 11.3 Å². The maximum absolute atomic E-state index is 9.42. The molecule has 0 saturated carbocycles. The van der Waals surface area contributed by atoms with Crippen molar-refractivity contribution >= 4 is 11.8 Å². The monoisotopic (exact) mass is 163 g/mol. The molecule has 0 amide bonds. The molecule has 2 nitrogen and oxygen atoms in total. The minimum absolute atomic E-state index is 0.285. The number of allylic oxidation sites excluding steroid dienone is 1. The van der Waals surface area contributed by atoms with E-state index in [1.165, 1.54) is 0 Å². The smallest absolute Gasteiger partial charge is 0.139 e. The van der Waals surface area contributed by atoms with Crippen LogP contribution in [0.1, 0.15) is 12.5 Å². The summed E-state index contributed by atoms with van der Waals surface area (Å²) in [6.07, 6.45) is 3.89. The molecule has 0 atom stereocenters. The summed E-state index contributed by atoms with van der Waals surface area (Å²) in [6.45, 7) is 1.95. The number of para-hydroxylation sites is 1. The van der Waals surface area contributed by atoms with Gasteiger partial charge >= 0.3 is 0 Å². The van der Waals surface area contributed by atoms with E-state index in [1.54, 1.807) is 13.1 Å². The molecule has 0 radical (unpaired) electrons. The maximum Gasteiger partial charge on any atom is 0.139 e. The quantitative estimate of drug-likeness (QED) is 0.656. The first-order chi connectivity index (χ1) is 5.79. The predicted octanol–water partition coefficient (Wildman–Crippen LogP) is 2.47. The second-order valence-corrected chi connectivity index (χ2v) is 2.49. The Labute approximate surface area is 72.5 Å². The Morgan fingerprint density at radius 3 is 2.75 bits per heavy atom. The summed E-state index contributed by atoms with van der Waals surface area (Å²) in [5.41, 5.74) is 1.77. The van der Waals surface area contributed by atoms with Crippen LogP contribution in [0.2, 0.25) is 0 Å². The van der Waals surface area contributed by atoms with Gasteiger partial charge in [0.05, 0.1) is 5.69 Å². The van der Waals surface area contributed by atoms with Gasteiger partial charge in [-0.25, -0.2) is 0 Å². The Bertz CT molecular complexity index is 292. The van der Waals surface area contributed by atoms with Gasteiger partial charge < -0.3 is 10.4 Å². The zero-order chi connectivity index (χ0) is 8.97. The van der Waals surface area contributed by atoms with Crippen molar-refractivity contribution < 1.29 is 5.11 Å². The third-order valence-electron chi connectivity index (χ3n) is 1.67. The minimum Gasteiger partial charge on any atom is -0.506 e. The molecule has 1 aromatic rings. The van der Waals surface area contributed by atoms with Gasteiger partial charge in [-0.2, -0.15) is 0 Å². The van der Waals surface area contributed by atoms with E-state index >= 15 is 0 Å². The number of anilines is 1. The first-order valence-corrected chi connectivity index (χ1v) is 3.92. The molecule has 1 rings (SSSR count). The Kier molecular flexibility index (Phi) is 2.75. The van der Waals surface area contributed by atoms with Crippen LogP contribution < -0.4 is 5.32 Å². The predicted molar refractivity (Wildman–Crippen MR) is 52.4 cm³/mol. The van der Waals surface area contributed by atoms with E-state index in [-0.39, 0.29) is 5.75 Å². The molecular weight excluding hydrogens is 150 g/mol. The Balaban J connectivity index is 3.18. The summed E-state index contributed by atoms with van der Waals surface area (Å²) in [5.74, 6) is 0.285. The van der Waals surface area contributed by atoms with Crippen molar-refractivity contribution in [2.45, 2.75) is 6.92 Å². The van der Waals surface area contributed by atoms with Crippen LogP contribution in [0, 0.1) is 0 Å². The molecule has 12 heavy (non-hydrogen) atoms. The molecule has 0 aromatic heterocycles. The van der Waals surface area contributed by atoms with Crippen molar-refractivity contribution in [2.24, 2.45) is 0 Å². The van der Waals surface area contributed by atoms with E-state index < -0.39 is 0 Å². The van der Waals surface area contributed by atoms with Crippen molar-refractivity contribution in [3.05, 3.63) is 29.8 Å². The molecule has 0 aliphatic carbocycles. The molecule has 64 valence electrons. The molecule has 0 saturated heterocycles. The molecule has 0 heterocycles. The fraction of sp³-hybridized carbons (Fsp3) is 0.200. The van der Waals surface area contributed by atoms with Crippen LogP contribution >= 0.6 is 0 Å². The summed E-state index contributed by atoms with van der Waals surface area (Å²) in [5, 5.41) is 12.4. The van der Waals surface area contributed by atoms with Crippen LogP contribution in [0.5, 0.6) is 5.75 Å². The highest BCUT2D eigenvalue weighted by Crippen LogP contribution is 2.27. The van der Waals surface area contributed by atoms with Gasteiger partial charge in [0.2, 0.25) is 0 Å². The van der Waals surface area contributed by atoms with Crippen LogP contribution in [0.25, 0.3) is 6.08 Å². The number of hydrogen-bond acceptors (Lipinski definition) is 2.